The maximum atomic E-state index is 11.7. The second-order valence-corrected chi connectivity index (χ2v) is 5.67. The van der Waals surface area contributed by atoms with Crippen molar-refractivity contribution in [3.63, 3.8) is 0 Å². The summed E-state index contributed by atoms with van der Waals surface area (Å²) in [5.74, 6) is 0.311. The zero-order chi connectivity index (χ0) is 16.8. The average molecular weight is 314 g/mol. The Morgan fingerprint density at radius 3 is 2.45 bits per heavy atom. The lowest BCUT2D eigenvalue weighted by Gasteiger charge is -2.21. The van der Waals surface area contributed by atoms with E-state index in [1.807, 2.05) is 6.92 Å². The van der Waals surface area contributed by atoms with Crippen molar-refractivity contribution in [3.8, 4) is 0 Å². The van der Waals surface area contributed by atoms with Crippen LogP contribution >= 0.6 is 0 Å². The molecule has 1 rings (SSSR count). The maximum Gasteiger partial charge on any atom is 0.407 e. The minimum atomic E-state index is -1.17. The van der Waals surface area contributed by atoms with Gasteiger partial charge < -0.3 is 25.0 Å². The summed E-state index contributed by atoms with van der Waals surface area (Å²) in [5, 5.41) is 17.3. The molecule has 1 heterocycles. The molecule has 0 aromatic carbocycles. The third-order valence-electron chi connectivity index (χ3n) is 2.54. The van der Waals surface area contributed by atoms with Crippen LogP contribution < -0.4 is 10.6 Å². The van der Waals surface area contributed by atoms with Crippen LogP contribution in [0.3, 0.4) is 0 Å². The number of carbonyl (C=O) groups excluding carboxylic acids is 1. The number of hydrogen-bond acceptors (Lipinski definition) is 6. The van der Waals surface area contributed by atoms with Crippen LogP contribution in [0.5, 0.6) is 0 Å². The first-order chi connectivity index (χ1) is 10.2. The van der Waals surface area contributed by atoms with Gasteiger partial charge in [-0.1, -0.05) is 12.1 Å². The van der Waals surface area contributed by atoms with Crippen molar-refractivity contribution in [1.29, 1.82) is 0 Å². The largest absolute Gasteiger partial charge is 0.465 e. The van der Waals surface area contributed by atoms with Crippen molar-refractivity contribution in [2.75, 3.05) is 13.1 Å². The molecule has 9 heteroatoms. The van der Waals surface area contributed by atoms with Crippen LogP contribution in [0.4, 0.5) is 9.59 Å². The van der Waals surface area contributed by atoms with Crippen molar-refractivity contribution in [3.05, 3.63) is 11.7 Å². The fourth-order valence-electron chi connectivity index (χ4n) is 1.55. The molecule has 0 saturated carbocycles. The van der Waals surface area contributed by atoms with E-state index < -0.39 is 23.7 Å². The van der Waals surface area contributed by atoms with Gasteiger partial charge >= 0.3 is 12.2 Å². The Balaban J connectivity index is 2.65. The van der Waals surface area contributed by atoms with Crippen LogP contribution in [-0.2, 0) is 11.2 Å². The van der Waals surface area contributed by atoms with Crippen LogP contribution in [0.1, 0.15) is 45.3 Å². The highest BCUT2D eigenvalue weighted by molar-refractivity contribution is 5.67. The average Bonchev–Trinajstić information content (AvgIpc) is 2.85. The number of ether oxygens (including phenoxy) is 1. The van der Waals surface area contributed by atoms with E-state index in [1.54, 1.807) is 20.8 Å². The van der Waals surface area contributed by atoms with Crippen molar-refractivity contribution < 1.29 is 24.0 Å². The normalized spacial score (nSPS) is 12.5. The molecule has 0 radical (unpaired) electrons. The van der Waals surface area contributed by atoms with Gasteiger partial charge in [-0.05, 0) is 20.8 Å². The summed E-state index contributed by atoms with van der Waals surface area (Å²) in [7, 11) is 0. The molecule has 9 nitrogen and oxygen atoms in total. The first-order valence-corrected chi connectivity index (χ1v) is 6.97. The Labute approximate surface area is 128 Å². The van der Waals surface area contributed by atoms with E-state index in [9.17, 15) is 9.59 Å². The van der Waals surface area contributed by atoms with E-state index in [0.717, 1.165) is 0 Å². The first kappa shape index (κ1) is 17.7. The summed E-state index contributed by atoms with van der Waals surface area (Å²) in [6.45, 7) is 7.28. The minimum absolute atomic E-state index is 0.0382. The first-order valence-electron chi connectivity index (χ1n) is 6.97. The van der Waals surface area contributed by atoms with E-state index >= 15 is 0 Å². The molecule has 1 atom stereocenters. The number of nitrogens with one attached hydrogen (secondary N) is 2. The molecule has 2 amide bonds. The van der Waals surface area contributed by atoms with Gasteiger partial charge in [-0.3, -0.25) is 0 Å². The zero-order valence-electron chi connectivity index (χ0n) is 13.2. The summed E-state index contributed by atoms with van der Waals surface area (Å²) >= 11 is 0. The number of carboxylic acid groups (broad SMARTS) is 1. The number of nitrogens with zero attached hydrogens (tertiary/aromatic N) is 2. The monoisotopic (exact) mass is 314 g/mol. The van der Waals surface area contributed by atoms with Gasteiger partial charge in [0.1, 0.15) is 5.60 Å². The number of rotatable bonds is 6. The summed E-state index contributed by atoms with van der Waals surface area (Å²) in [6.07, 6.45) is -1.16. The fraction of sp³-hybridized carbons (Fsp3) is 0.692. The van der Waals surface area contributed by atoms with Crippen LogP contribution in [0.15, 0.2) is 4.52 Å². The molecule has 3 N–H and O–H groups in total. The maximum absolute atomic E-state index is 11.7. The molecule has 0 spiro atoms. The molecule has 0 aliphatic carbocycles. The summed E-state index contributed by atoms with van der Waals surface area (Å²) in [4.78, 5) is 26.4. The molecule has 0 aliphatic heterocycles. The Morgan fingerprint density at radius 2 is 1.95 bits per heavy atom. The Bertz CT molecular complexity index is 509. The van der Waals surface area contributed by atoms with Gasteiger partial charge in [-0.2, -0.15) is 4.98 Å². The molecular weight excluding hydrogens is 292 g/mol. The van der Waals surface area contributed by atoms with Gasteiger partial charge in [0.05, 0.1) is 5.92 Å². The predicted octanol–water partition coefficient (Wildman–Crippen LogP) is 1.51. The third kappa shape index (κ3) is 6.42. The topological polar surface area (TPSA) is 127 Å². The predicted molar refractivity (Wildman–Crippen MR) is 76.7 cm³/mol. The zero-order valence-corrected chi connectivity index (χ0v) is 13.2. The Morgan fingerprint density at radius 1 is 1.32 bits per heavy atom. The number of hydrogen-bond donors (Lipinski definition) is 3. The smallest absolute Gasteiger partial charge is 0.407 e. The molecule has 0 bridgehead atoms. The third-order valence-corrected chi connectivity index (χ3v) is 2.54. The van der Waals surface area contributed by atoms with Crippen molar-refractivity contribution in [2.24, 2.45) is 0 Å². The Kier molecular flexibility index (Phi) is 6.14. The second kappa shape index (κ2) is 7.62. The van der Waals surface area contributed by atoms with Crippen LogP contribution in [0, 0.1) is 0 Å². The SMILES string of the molecule is CCc1noc(C(CNC(=O)O)CNC(=O)OC(C)(C)C)n1. The van der Waals surface area contributed by atoms with Crippen molar-refractivity contribution in [1.82, 2.24) is 20.8 Å². The number of aromatic nitrogens is 2. The molecule has 0 saturated heterocycles. The molecule has 0 fully saturated rings. The second-order valence-electron chi connectivity index (χ2n) is 5.67. The minimum Gasteiger partial charge on any atom is -0.465 e. The molecule has 124 valence electrons. The lowest BCUT2D eigenvalue weighted by Crippen LogP contribution is -2.38. The van der Waals surface area contributed by atoms with E-state index in [1.165, 1.54) is 0 Å². The molecule has 1 unspecified atom stereocenters. The number of alkyl carbamates (subject to hydrolysis) is 1. The molecule has 0 aliphatic rings. The van der Waals surface area contributed by atoms with Crippen molar-refractivity contribution >= 4 is 12.2 Å². The lowest BCUT2D eigenvalue weighted by molar-refractivity contribution is 0.0523. The highest BCUT2D eigenvalue weighted by atomic mass is 16.6. The summed E-state index contributed by atoms with van der Waals surface area (Å²) in [6, 6.07) is 0. The number of carbonyl (C=O) groups is 2. The molecular formula is C13H22N4O5. The van der Waals surface area contributed by atoms with E-state index in [4.69, 9.17) is 14.4 Å². The van der Waals surface area contributed by atoms with Gasteiger partial charge in [0.25, 0.3) is 0 Å². The fourth-order valence-corrected chi connectivity index (χ4v) is 1.55. The van der Waals surface area contributed by atoms with E-state index in [-0.39, 0.29) is 19.0 Å². The van der Waals surface area contributed by atoms with Gasteiger partial charge in [0, 0.05) is 19.5 Å². The van der Waals surface area contributed by atoms with Crippen LogP contribution in [-0.4, -0.2) is 46.1 Å². The van der Waals surface area contributed by atoms with Crippen LogP contribution in [0.2, 0.25) is 0 Å². The number of amides is 2. The summed E-state index contributed by atoms with van der Waals surface area (Å²) in [5.41, 5.74) is -0.612. The van der Waals surface area contributed by atoms with Crippen molar-refractivity contribution in [2.45, 2.75) is 45.6 Å². The lowest BCUT2D eigenvalue weighted by atomic mass is 10.1. The van der Waals surface area contributed by atoms with Gasteiger partial charge in [-0.15, -0.1) is 0 Å². The molecule has 22 heavy (non-hydrogen) atoms. The van der Waals surface area contributed by atoms with Gasteiger partial charge in [-0.25, -0.2) is 9.59 Å². The Hall–Kier alpha value is -2.32. The number of aryl methyl sites for hydroxylation is 1. The van der Waals surface area contributed by atoms with Crippen LogP contribution in [0.25, 0.3) is 0 Å². The van der Waals surface area contributed by atoms with E-state index in [2.05, 4.69) is 20.8 Å². The highest BCUT2D eigenvalue weighted by Crippen LogP contribution is 2.13. The quantitative estimate of drug-likeness (QED) is 0.726. The molecule has 1 aromatic rings. The van der Waals surface area contributed by atoms with Gasteiger partial charge in [0.2, 0.25) is 5.89 Å². The highest BCUT2D eigenvalue weighted by Gasteiger charge is 2.22. The van der Waals surface area contributed by atoms with Gasteiger partial charge in [0.15, 0.2) is 5.82 Å². The molecule has 1 aromatic heterocycles. The van der Waals surface area contributed by atoms with E-state index in [0.29, 0.717) is 12.2 Å². The summed E-state index contributed by atoms with van der Waals surface area (Å²) < 4.78 is 10.2. The standard InChI is InChI=1S/C13H22N4O5/c1-5-9-16-10(22-17-9)8(6-14-11(18)19)7-15-12(20)21-13(2,3)4/h8,14H,5-7H2,1-4H3,(H,15,20)(H,18,19).